The summed E-state index contributed by atoms with van der Waals surface area (Å²) in [5.41, 5.74) is 14.9. The summed E-state index contributed by atoms with van der Waals surface area (Å²) in [5, 5.41) is 10.4. The monoisotopic (exact) mass is 434 g/mol. The molecule has 0 aliphatic carbocycles. The molecule has 0 fully saturated rings. The first kappa shape index (κ1) is 20.5. The van der Waals surface area contributed by atoms with Gasteiger partial charge in [-0.3, -0.25) is 4.99 Å². The number of hydrogen-bond donors (Lipinski definition) is 2. The highest BCUT2D eigenvalue weighted by Crippen LogP contribution is 2.37. The molecule has 0 amide bonds. The molecule has 0 spiro atoms. The van der Waals surface area contributed by atoms with E-state index in [1.807, 2.05) is 13.8 Å². The van der Waals surface area contributed by atoms with E-state index in [1.54, 1.807) is 12.1 Å². The molecule has 7 nitrogen and oxygen atoms in total. The number of aryl methyl sites for hydroxylation is 1. The van der Waals surface area contributed by atoms with Gasteiger partial charge in [0.05, 0.1) is 33.4 Å². The van der Waals surface area contributed by atoms with Crippen LogP contribution in [-0.4, -0.2) is 15.7 Å². The molecule has 156 valence electrons. The van der Waals surface area contributed by atoms with E-state index in [0.717, 1.165) is 15.4 Å². The third-order valence-corrected chi connectivity index (χ3v) is 5.85. The van der Waals surface area contributed by atoms with Crippen LogP contribution in [0.4, 0.5) is 10.2 Å². The second-order valence-electron chi connectivity index (χ2n) is 6.96. The van der Waals surface area contributed by atoms with E-state index in [1.165, 1.54) is 35.9 Å². The van der Waals surface area contributed by atoms with E-state index in [2.05, 4.69) is 21.0 Å². The number of nitriles is 1. The van der Waals surface area contributed by atoms with E-state index < -0.39 is 6.10 Å². The maximum Gasteiger partial charge on any atom is 0.166 e. The Morgan fingerprint density at radius 2 is 2.19 bits per heavy atom. The lowest BCUT2D eigenvalue weighted by molar-refractivity contribution is 0.227. The van der Waals surface area contributed by atoms with E-state index in [9.17, 15) is 9.65 Å². The van der Waals surface area contributed by atoms with Crippen LogP contribution < -0.4 is 16.2 Å². The fraction of sp³-hybridized carbons (Fsp3) is 0.182. The van der Waals surface area contributed by atoms with Crippen molar-refractivity contribution in [3.8, 4) is 23.1 Å². The molecule has 0 radical (unpaired) electrons. The third-order valence-electron chi connectivity index (χ3n) is 4.89. The van der Waals surface area contributed by atoms with Crippen molar-refractivity contribution in [2.75, 3.05) is 5.73 Å². The average molecular weight is 435 g/mol. The molecule has 1 unspecified atom stereocenters. The van der Waals surface area contributed by atoms with E-state index in [4.69, 9.17) is 16.2 Å². The number of anilines is 1. The van der Waals surface area contributed by atoms with Crippen molar-refractivity contribution in [3.63, 3.8) is 0 Å². The van der Waals surface area contributed by atoms with Gasteiger partial charge in [-0.15, -0.1) is 11.3 Å². The number of aliphatic imine (C=N–C) groups is 1. The number of ether oxygens (including phenoxy) is 1. The van der Waals surface area contributed by atoms with E-state index in [-0.39, 0.29) is 23.8 Å². The van der Waals surface area contributed by atoms with Crippen LogP contribution >= 0.6 is 11.3 Å². The van der Waals surface area contributed by atoms with Crippen molar-refractivity contribution in [3.05, 3.63) is 69.1 Å². The number of nitrogens with two attached hydrogens (primary N) is 2. The molecule has 4 rings (SSSR count). The molecule has 0 saturated carbocycles. The zero-order chi connectivity index (χ0) is 22.1. The topological polar surface area (TPSA) is 123 Å². The van der Waals surface area contributed by atoms with Crippen molar-refractivity contribution >= 4 is 22.9 Å². The quantitative estimate of drug-likeness (QED) is 0.557. The minimum Gasteiger partial charge on any atom is -0.482 e. The number of hydrogen-bond acceptors (Lipinski definition) is 8. The summed E-state index contributed by atoms with van der Waals surface area (Å²) in [6.07, 6.45) is 2.19. The number of rotatable bonds is 1. The number of benzene rings is 1. The van der Waals surface area contributed by atoms with Crippen molar-refractivity contribution in [2.45, 2.75) is 26.5 Å². The van der Waals surface area contributed by atoms with Crippen LogP contribution in [0.1, 0.15) is 34.0 Å². The van der Waals surface area contributed by atoms with Crippen molar-refractivity contribution in [2.24, 2.45) is 10.7 Å². The molecule has 0 saturated heterocycles. The van der Waals surface area contributed by atoms with Gasteiger partial charge in [0.2, 0.25) is 0 Å². The van der Waals surface area contributed by atoms with Gasteiger partial charge in [0.25, 0.3) is 0 Å². The zero-order valence-corrected chi connectivity index (χ0v) is 17.7. The van der Waals surface area contributed by atoms with E-state index >= 15 is 0 Å². The van der Waals surface area contributed by atoms with Crippen LogP contribution in [0, 0.1) is 24.1 Å². The molecular weight excluding hydrogens is 415 g/mol. The SMILES string of the molecule is Cc1nc2c(s1)CN=C(C(C#N)=CN)c1cnc(N)c(c1)OC(C)c1cc(F)ccc1-2. The highest BCUT2D eigenvalue weighted by atomic mass is 32.1. The van der Waals surface area contributed by atoms with Crippen molar-refractivity contribution in [1.29, 1.82) is 5.26 Å². The predicted molar refractivity (Wildman–Crippen MR) is 118 cm³/mol. The maximum absolute atomic E-state index is 14.1. The molecule has 2 aromatic heterocycles. The number of halogens is 1. The highest BCUT2D eigenvalue weighted by molar-refractivity contribution is 7.12. The molecule has 9 heteroatoms. The van der Waals surface area contributed by atoms with Crippen LogP contribution in [0.3, 0.4) is 0 Å². The first-order valence-electron chi connectivity index (χ1n) is 9.46. The molecular formula is C22H19FN6OS. The molecule has 1 atom stereocenters. The average Bonchev–Trinajstić information content (AvgIpc) is 3.12. The van der Waals surface area contributed by atoms with Gasteiger partial charge >= 0.3 is 0 Å². The van der Waals surface area contributed by atoms with Gasteiger partial charge in [-0.2, -0.15) is 5.26 Å². The molecule has 1 aliphatic heterocycles. The molecule has 31 heavy (non-hydrogen) atoms. The Kier molecular flexibility index (Phi) is 5.40. The van der Waals surface area contributed by atoms with Gasteiger partial charge in [0, 0.05) is 29.1 Å². The van der Waals surface area contributed by atoms with Crippen LogP contribution in [0.15, 0.2) is 47.2 Å². The normalized spacial score (nSPS) is 16.0. The van der Waals surface area contributed by atoms with Crippen LogP contribution in [0.5, 0.6) is 5.75 Å². The second kappa shape index (κ2) is 8.16. The summed E-state index contributed by atoms with van der Waals surface area (Å²) in [5.74, 6) is 0.101. The Morgan fingerprint density at radius 1 is 1.39 bits per heavy atom. The number of aromatic nitrogens is 2. The lowest BCUT2D eigenvalue weighted by atomic mass is 9.99. The van der Waals surface area contributed by atoms with Gasteiger partial charge in [0.15, 0.2) is 11.6 Å². The largest absolute Gasteiger partial charge is 0.482 e. The summed E-state index contributed by atoms with van der Waals surface area (Å²) < 4.78 is 20.2. The molecule has 4 N–H and O–H groups in total. The minimum atomic E-state index is -0.541. The third kappa shape index (κ3) is 3.85. The minimum absolute atomic E-state index is 0.172. The van der Waals surface area contributed by atoms with Crippen LogP contribution in [0.25, 0.3) is 11.3 Å². The Labute approximate surface area is 182 Å². The summed E-state index contributed by atoms with van der Waals surface area (Å²) in [6.45, 7) is 3.98. The second-order valence-corrected chi connectivity index (χ2v) is 8.25. The standard InChI is InChI=1S/C22H19FN6OS/c1-11-17-6-15(23)3-4-16(17)21-19(31-12(2)29-21)10-27-20(14(7-24)8-25)13-5-18(30-11)22(26)28-9-13/h3-7,9,11H,10,24H2,1-2H3,(H2,26,28). The maximum atomic E-state index is 14.1. The van der Waals surface area contributed by atoms with Gasteiger partial charge < -0.3 is 16.2 Å². The summed E-state index contributed by atoms with van der Waals surface area (Å²) >= 11 is 1.49. The molecule has 2 bridgehead atoms. The smallest absolute Gasteiger partial charge is 0.166 e. The van der Waals surface area contributed by atoms with Crippen LogP contribution in [-0.2, 0) is 6.54 Å². The summed E-state index contributed by atoms with van der Waals surface area (Å²) in [4.78, 5) is 14.4. The summed E-state index contributed by atoms with van der Waals surface area (Å²) in [6, 6.07) is 8.26. The Bertz CT molecular complexity index is 1270. The Morgan fingerprint density at radius 3 is 2.94 bits per heavy atom. The first-order chi connectivity index (χ1) is 14.9. The predicted octanol–water partition coefficient (Wildman–Crippen LogP) is 4.04. The Hall–Kier alpha value is -3.77. The molecule has 1 aliphatic rings. The number of allylic oxidation sites excluding steroid dienone is 1. The number of nitrogen functional groups attached to an aromatic ring is 1. The fourth-order valence-electron chi connectivity index (χ4n) is 3.46. The molecule has 1 aromatic carbocycles. The van der Waals surface area contributed by atoms with Gasteiger partial charge in [-0.1, -0.05) is 0 Å². The molecule has 3 heterocycles. The van der Waals surface area contributed by atoms with Gasteiger partial charge in [0.1, 0.15) is 18.0 Å². The van der Waals surface area contributed by atoms with E-state index in [0.29, 0.717) is 28.3 Å². The lowest BCUT2D eigenvalue weighted by Crippen LogP contribution is -2.12. The van der Waals surface area contributed by atoms with Crippen molar-refractivity contribution in [1.82, 2.24) is 9.97 Å². The summed E-state index contributed by atoms with van der Waals surface area (Å²) in [7, 11) is 0. The number of thiazole rings is 1. The number of fused-ring (bicyclic) bond motifs is 5. The zero-order valence-electron chi connectivity index (χ0n) is 16.9. The number of nitrogens with zero attached hydrogens (tertiary/aromatic N) is 4. The van der Waals surface area contributed by atoms with Crippen molar-refractivity contribution < 1.29 is 9.13 Å². The highest BCUT2D eigenvalue weighted by Gasteiger charge is 2.23. The van der Waals surface area contributed by atoms with Crippen LogP contribution in [0.2, 0.25) is 0 Å². The number of pyridine rings is 1. The molecule has 3 aromatic rings. The fourth-order valence-corrected chi connectivity index (χ4v) is 4.33. The van der Waals surface area contributed by atoms with Gasteiger partial charge in [-0.25, -0.2) is 14.4 Å². The first-order valence-corrected chi connectivity index (χ1v) is 10.3. The lowest BCUT2D eigenvalue weighted by Gasteiger charge is -2.20. The Balaban J connectivity index is 2.00. The van der Waals surface area contributed by atoms with Gasteiger partial charge in [-0.05, 0) is 38.1 Å².